The van der Waals surface area contributed by atoms with Gasteiger partial charge in [0, 0.05) is 24.6 Å². The maximum absolute atomic E-state index is 13.1. The largest absolute Gasteiger partial charge is 0.380 e. The van der Waals surface area contributed by atoms with E-state index in [2.05, 4.69) is 0 Å². The standard InChI is InChI=1S/C11H13F2NO/c12-9-3-8(4-10(13)5-9)11(6-14)1-2-15-7-11/h3-5H,1-2,6-7,14H2. The van der Waals surface area contributed by atoms with Crippen LogP contribution in [0.4, 0.5) is 8.78 Å². The number of ether oxygens (including phenoxy) is 1. The van der Waals surface area contributed by atoms with Gasteiger partial charge in [-0.2, -0.15) is 0 Å². The van der Waals surface area contributed by atoms with E-state index < -0.39 is 17.0 Å². The van der Waals surface area contributed by atoms with Crippen LogP contribution in [-0.2, 0) is 10.2 Å². The van der Waals surface area contributed by atoms with E-state index in [9.17, 15) is 8.78 Å². The summed E-state index contributed by atoms with van der Waals surface area (Å²) in [7, 11) is 0. The molecule has 1 aromatic carbocycles. The van der Waals surface area contributed by atoms with Crippen molar-refractivity contribution in [1.29, 1.82) is 0 Å². The average Bonchev–Trinajstić information content (AvgIpc) is 2.65. The Kier molecular flexibility index (Phi) is 2.71. The van der Waals surface area contributed by atoms with Gasteiger partial charge in [0.25, 0.3) is 0 Å². The van der Waals surface area contributed by atoms with Gasteiger partial charge >= 0.3 is 0 Å². The molecule has 1 atom stereocenters. The normalized spacial score (nSPS) is 25.8. The summed E-state index contributed by atoms with van der Waals surface area (Å²) in [4.78, 5) is 0. The van der Waals surface area contributed by atoms with Crippen LogP contribution in [0.1, 0.15) is 12.0 Å². The lowest BCUT2D eigenvalue weighted by molar-refractivity contribution is 0.178. The molecule has 0 saturated carbocycles. The molecule has 1 aliphatic heterocycles. The number of rotatable bonds is 2. The van der Waals surface area contributed by atoms with Gasteiger partial charge in [-0.05, 0) is 24.1 Å². The number of hydrogen-bond donors (Lipinski definition) is 1. The minimum Gasteiger partial charge on any atom is -0.380 e. The molecule has 0 aliphatic carbocycles. The molecule has 1 unspecified atom stereocenters. The lowest BCUT2D eigenvalue weighted by atomic mass is 9.80. The van der Waals surface area contributed by atoms with Gasteiger partial charge in [0.15, 0.2) is 0 Å². The summed E-state index contributed by atoms with van der Waals surface area (Å²) in [5.41, 5.74) is 5.86. The van der Waals surface area contributed by atoms with Crippen molar-refractivity contribution < 1.29 is 13.5 Å². The van der Waals surface area contributed by atoms with Crippen LogP contribution >= 0.6 is 0 Å². The van der Waals surface area contributed by atoms with Crippen LogP contribution < -0.4 is 5.73 Å². The first-order valence-corrected chi connectivity index (χ1v) is 4.91. The first-order chi connectivity index (χ1) is 7.16. The summed E-state index contributed by atoms with van der Waals surface area (Å²) < 4.78 is 31.4. The lowest BCUT2D eigenvalue weighted by Gasteiger charge is -2.26. The van der Waals surface area contributed by atoms with Crippen molar-refractivity contribution in [1.82, 2.24) is 0 Å². The highest BCUT2D eigenvalue weighted by molar-refractivity contribution is 5.28. The van der Waals surface area contributed by atoms with E-state index in [1.165, 1.54) is 12.1 Å². The van der Waals surface area contributed by atoms with Crippen LogP contribution in [-0.4, -0.2) is 19.8 Å². The monoisotopic (exact) mass is 213 g/mol. The number of nitrogens with two attached hydrogens (primary N) is 1. The maximum atomic E-state index is 13.1. The molecule has 2 N–H and O–H groups in total. The first-order valence-electron chi connectivity index (χ1n) is 4.91. The first kappa shape index (κ1) is 10.5. The Morgan fingerprint density at radius 3 is 2.40 bits per heavy atom. The Morgan fingerprint density at radius 2 is 1.93 bits per heavy atom. The van der Waals surface area contributed by atoms with Crippen molar-refractivity contribution in [3.05, 3.63) is 35.4 Å². The van der Waals surface area contributed by atoms with E-state index in [4.69, 9.17) is 10.5 Å². The van der Waals surface area contributed by atoms with E-state index in [0.717, 1.165) is 6.07 Å². The van der Waals surface area contributed by atoms with E-state index in [-0.39, 0.29) is 0 Å². The summed E-state index contributed by atoms with van der Waals surface area (Å²) in [5, 5.41) is 0. The van der Waals surface area contributed by atoms with E-state index in [1.54, 1.807) is 0 Å². The molecule has 4 heteroatoms. The van der Waals surface area contributed by atoms with Gasteiger partial charge in [0.2, 0.25) is 0 Å². The Balaban J connectivity index is 2.42. The van der Waals surface area contributed by atoms with E-state index >= 15 is 0 Å². The molecule has 0 bridgehead atoms. The second-order valence-corrected chi connectivity index (χ2v) is 3.95. The topological polar surface area (TPSA) is 35.2 Å². The van der Waals surface area contributed by atoms with Crippen molar-refractivity contribution in [2.75, 3.05) is 19.8 Å². The Bertz CT molecular complexity index is 341. The van der Waals surface area contributed by atoms with Crippen molar-refractivity contribution in [2.45, 2.75) is 11.8 Å². The fourth-order valence-corrected chi connectivity index (χ4v) is 1.97. The summed E-state index contributed by atoms with van der Waals surface area (Å²) in [6.45, 7) is 1.37. The predicted molar refractivity (Wildman–Crippen MR) is 52.5 cm³/mol. The molecule has 0 aromatic heterocycles. The Labute approximate surface area is 87.0 Å². The summed E-state index contributed by atoms with van der Waals surface area (Å²) in [6.07, 6.45) is 0.715. The van der Waals surface area contributed by atoms with Crippen molar-refractivity contribution in [3.8, 4) is 0 Å². The van der Waals surface area contributed by atoms with Crippen LogP contribution in [0.5, 0.6) is 0 Å². The molecule has 1 fully saturated rings. The van der Waals surface area contributed by atoms with Crippen LogP contribution in [0, 0.1) is 11.6 Å². The van der Waals surface area contributed by atoms with Crippen molar-refractivity contribution in [2.24, 2.45) is 5.73 Å². The molecular weight excluding hydrogens is 200 g/mol. The average molecular weight is 213 g/mol. The SMILES string of the molecule is NCC1(c2cc(F)cc(F)c2)CCOC1. The van der Waals surface area contributed by atoms with Gasteiger partial charge in [0.05, 0.1) is 6.61 Å². The zero-order chi connectivity index (χ0) is 10.9. The molecule has 15 heavy (non-hydrogen) atoms. The molecule has 2 nitrogen and oxygen atoms in total. The van der Waals surface area contributed by atoms with Gasteiger partial charge in [0.1, 0.15) is 11.6 Å². The molecule has 1 aliphatic rings. The zero-order valence-electron chi connectivity index (χ0n) is 8.30. The highest BCUT2D eigenvalue weighted by Gasteiger charge is 2.35. The molecule has 1 aromatic rings. The van der Waals surface area contributed by atoms with Crippen LogP contribution in [0.25, 0.3) is 0 Å². The number of benzene rings is 1. The number of halogens is 2. The minimum absolute atomic E-state index is 0.343. The highest BCUT2D eigenvalue weighted by Crippen LogP contribution is 2.32. The quantitative estimate of drug-likeness (QED) is 0.809. The summed E-state index contributed by atoms with van der Waals surface area (Å²) >= 11 is 0. The molecule has 1 saturated heterocycles. The van der Waals surface area contributed by atoms with Gasteiger partial charge in [-0.1, -0.05) is 0 Å². The molecule has 2 rings (SSSR count). The maximum Gasteiger partial charge on any atom is 0.126 e. The lowest BCUT2D eigenvalue weighted by Crippen LogP contribution is -2.35. The van der Waals surface area contributed by atoms with E-state index in [1.807, 2.05) is 0 Å². The molecule has 0 amide bonds. The fourth-order valence-electron chi connectivity index (χ4n) is 1.97. The molecular formula is C11H13F2NO. The Hall–Kier alpha value is -1.00. The third-order valence-corrected chi connectivity index (χ3v) is 2.97. The molecule has 0 spiro atoms. The van der Waals surface area contributed by atoms with Crippen LogP contribution in [0.3, 0.4) is 0 Å². The van der Waals surface area contributed by atoms with Gasteiger partial charge in [-0.15, -0.1) is 0 Å². The van der Waals surface area contributed by atoms with Crippen molar-refractivity contribution in [3.63, 3.8) is 0 Å². The number of hydrogen-bond acceptors (Lipinski definition) is 2. The van der Waals surface area contributed by atoms with Crippen LogP contribution in [0.2, 0.25) is 0 Å². The fraction of sp³-hybridized carbons (Fsp3) is 0.455. The second kappa shape index (κ2) is 3.87. The smallest absolute Gasteiger partial charge is 0.126 e. The van der Waals surface area contributed by atoms with Crippen molar-refractivity contribution >= 4 is 0 Å². The van der Waals surface area contributed by atoms with Gasteiger partial charge in [-0.3, -0.25) is 0 Å². The van der Waals surface area contributed by atoms with Crippen LogP contribution in [0.15, 0.2) is 18.2 Å². The molecule has 1 heterocycles. The van der Waals surface area contributed by atoms with Gasteiger partial charge in [-0.25, -0.2) is 8.78 Å². The Morgan fingerprint density at radius 1 is 1.27 bits per heavy atom. The zero-order valence-corrected chi connectivity index (χ0v) is 8.30. The second-order valence-electron chi connectivity index (χ2n) is 3.95. The highest BCUT2D eigenvalue weighted by atomic mass is 19.1. The summed E-state index contributed by atoms with van der Waals surface area (Å²) in [6, 6.07) is 3.54. The molecule has 82 valence electrons. The third kappa shape index (κ3) is 1.87. The van der Waals surface area contributed by atoms with E-state index in [0.29, 0.717) is 31.7 Å². The van der Waals surface area contributed by atoms with Gasteiger partial charge < -0.3 is 10.5 Å². The molecule has 0 radical (unpaired) electrons. The predicted octanol–water partition coefficient (Wildman–Crippen LogP) is 1.58. The summed E-state index contributed by atoms with van der Waals surface area (Å²) in [5.74, 6) is -1.13. The minimum atomic E-state index is -0.565. The third-order valence-electron chi connectivity index (χ3n) is 2.97.